The van der Waals surface area contributed by atoms with E-state index in [1.807, 2.05) is 0 Å². The Morgan fingerprint density at radius 1 is 1.41 bits per heavy atom. The number of hydrogen-bond donors (Lipinski definition) is 1. The SMILES string of the molecule is Cc1c(O)ccc2c(Cn3cnnc3S(C)=O)cc(=O)oc12. The summed E-state index contributed by atoms with van der Waals surface area (Å²) in [6, 6.07) is 4.61. The van der Waals surface area contributed by atoms with Gasteiger partial charge in [0, 0.05) is 23.3 Å². The molecule has 0 amide bonds. The van der Waals surface area contributed by atoms with Crippen LogP contribution in [0.4, 0.5) is 0 Å². The summed E-state index contributed by atoms with van der Waals surface area (Å²) in [6.45, 7) is 1.96. The highest BCUT2D eigenvalue weighted by Gasteiger charge is 2.14. The van der Waals surface area contributed by atoms with Crippen molar-refractivity contribution >= 4 is 21.8 Å². The number of benzene rings is 1. The van der Waals surface area contributed by atoms with Gasteiger partial charge in [-0.15, -0.1) is 10.2 Å². The lowest BCUT2D eigenvalue weighted by molar-refractivity contribution is 0.468. The minimum atomic E-state index is -1.28. The summed E-state index contributed by atoms with van der Waals surface area (Å²) in [5.41, 5.74) is 1.01. The van der Waals surface area contributed by atoms with E-state index in [-0.39, 0.29) is 12.3 Å². The standard InChI is InChI=1S/C14H13N3O4S/c1-8-11(18)4-3-10-9(5-12(19)21-13(8)10)6-17-7-15-16-14(17)22(2)20/h3-5,7,18H,6H2,1-2H3. The molecule has 1 aromatic carbocycles. The summed E-state index contributed by atoms with van der Waals surface area (Å²) >= 11 is 0. The Balaban J connectivity index is 2.19. The zero-order valence-corrected chi connectivity index (χ0v) is 12.8. The fourth-order valence-corrected chi connectivity index (χ4v) is 2.91. The third-order valence-corrected chi connectivity index (χ3v) is 4.23. The maximum atomic E-state index is 11.8. The molecule has 2 heterocycles. The Bertz CT molecular complexity index is 945. The largest absolute Gasteiger partial charge is 0.508 e. The second kappa shape index (κ2) is 5.38. The average molecular weight is 319 g/mol. The molecule has 8 heteroatoms. The highest BCUT2D eigenvalue weighted by Crippen LogP contribution is 2.27. The molecule has 1 N–H and O–H groups in total. The monoisotopic (exact) mass is 319 g/mol. The van der Waals surface area contributed by atoms with Gasteiger partial charge in [0.15, 0.2) is 0 Å². The molecule has 0 saturated heterocycles. The van der Waals surface area contributed by atoms with Crippen molar-refractivity contribution in [1.82, 2.24) is 14.8 Å². The lowest BCUT2D eigenvalue weighted by atomic mass is 10.1. The summed E-state index contributed by atoms with van der Waals surface area (Å²) in [7, 11) is -1.28. The summed E-state index contributed by atoms with van der Waals surface area (Å²) in [6.07, 6.45) is 2.98. The first-order valence-corrected chi connectivity index (χ1v) is 7.99. The van der Waals surface area contributed by atoms with Crippen LogP contribution in [0.5, 0.6) is 5.75 Å². The number of aromatic hydroxyl groups is 1. The van der Waals surface area contributed by atoms with Crippen LogP contribution in [0.25, 0.3) is 11.0 Å². The third kappa shape index (κ3) is 2.41. The van der Waals surface area contributed by atoms with Crippen LogP contribution in [0.15, 0.2) is 38.9 Å². The van der Waals surface area contributed by atoms with Crippen LogP contribution in [0.3, 0.4) is 0 Å². The van der Waals surface area contributed by atoms with E-state index in [1.54, 1.807) is 23.6 Å². The molecule has 0 saturated carbocycles. The molecule has 0 fully saturated rings. The number of phenolic OH excluding ortho intramolecular Hbond substituents is 1. The Labute approximate surface area is 127 Å². The first kappa shape index (κ1) is 14.5. The number of fused-ring (bicyclic) bond motifs is 1. The third-order valence-electron chi connectivity index (χ3n) is 3.40. The van der Waals surface area contributed by atoms with E-state index in [9.17, 15) is 14.1 Å². The predicted molar refractivity (Wildman–Crippen MR) is 80.3 cm³/mol. The molecular formula is C14H13N3O4S. The number of nitrogens with zero attached hydrogens (tertiary/aromatic N) is 3. The summed E-state index contributed by atoms with van der Waals surface area (Å²) < 4.78 is 18.4. The van der Waals surface area contributed by atoms with E-state index in [2.05, 4.69) is 10.2 Å². The van der Waals surface area contributed by atoms with Crippen molar-refractivity contribution < 1.29 is 13.7 Å². The van der Waals surface area contributed by atoms with E-state index >= 15 is 0 Å². The Morgan fingerprint density at radius 3 is 2.91 bits per heavy atom. The number of aryl methyl sites for hydroxylation is 1. The molecule has 114 valence electrons. The quantitative estimate of drug-likeness (QED) is 0.728. The Hall–Kier alpha value is -2.48. The van der Waals surface area contributed by atoms with Gasteiger partial charge in [0.2, 0.25) is 5.16 Å². The maximum Gasteiger partial charge on any atom is 0.336 e. The second-order valence-corrected chi connectivity index (χ2v) is 6.15. The van der Waals surface area contributed by atoms with Crippen molar-refractivity contribution in [2.24, 2.45) is 0 Å². The highest BCUT2D eigenvalue weighted by molar-refractivity contribution is 7.84. The number of aromatic nitrogens is 3. The van der Waals surface area contributed by atoms with E-state index in [0.717, 1.165) is 0 Å². The van der Waals surface area contributed by atoms with Gasteiger partial charge >= 0.3 is 5.63 Å². The molecule has 3 rings (SSSR count). The topological polar surface area (TPSA) is 98.2 Å². The normalized spacial score (nSPS) is 12.6. The molecular weight excluding hydrogens is 306 g/mol. The van der Waals surface area contributed by atoms with Gasteiger partial charge in [0.05, 0.1) is 17.3 Å². The van der Waals surface area contributed by atoms with Gasteiger partial charge in [0.1, 0.15) is 17.7 Å². The van der Waals surface area contributed by atoms with Crippen LogP contribution in [-0.2, 0) is 17.3 Å². The van der Waals surface area contributed by atoms with Gasteiger partial charge in [-0.2, -0.15) is 0 Å². The fourth-order valence-electron chi connectivity index (χ4n) is 2.31. The molecule has 0 aliphatic carbocycles. The molecule has 0 aliphatic rings. The summed E-state index contributed by atoms with van der Waals surface area (Å²) in [5.74, 6) is 0.0625. The van der Waals surface area contributed by atoms with Crippen molar-refractivity contribution in [3.8, 4) is 5.75 Å². The number of hydrogen-bond acceptors (Lipinski definition) is 6. The van der Waals surface area contributed by atoms with Crippen molar-refractivity contribution in [2.75, 3.05) is 6.26 Å². The molecule has 0 radical (unpaired) electrons. The molecule has 1 atom stereocenters. The van der Waals surface area contributed by atoms with Crippen LogP contribution >= 0.6 is 0 Å². The lowest BCUT2D eigenvalue weighted by Gasteiger charge is -2.09. The minimum Gasteiger partial charge on any atom is -0.508 e. The fraction of sp³-hybridized carbons (Fsp3) is 0.214. The molecule has 7 nitrogen and oxygen atoms in total. The van der Waals surface area contributed by atoms with Crippen molar-refractivity contribution in [3.63, 3.8) is 0 Å². The first-order chi connectivity index (χ1) is 10.5. The lowest BCUT2D eigenvalue weighted by Crippen LogP contribution is -2.09. The van der Waals surface area contributed by atoms with Gasteiger partial charge in [0.25, 0.3) is 0 Å². The molecule has 0 aliphatic heterocycles. The molecule has 22 heavy (non-hydrogen) atoms. The van der Waals surface area contributed by atoms with E-state index in [4.69, 9.17) is 4.42 Å². The smallest absolute Gasteiger partial charge is 0.336 e. The second-order valence-electron chi connectivity index (χ2n) is 4.87. The van der Waals surface area contributed by atoms with Crippen molar-refractivity contribution in [2.45, 2.75) is 18.6 Å². The van der Waals surface area contributed by atoms with Crippen LogP contribution < -0.4 is 5.63 Å². The van der Waals surface area contributed by atoms with Crippen LogP contribution in [-0.4, -0.2) is 30.3 Å². The van der Waals surface area contributed by atoms with E-state index in [0.29, 0.717) is 27.3 Å². The van der Waals surface area contributed by atoms with Crippen molar-refractivity contribution in [1.29, 1.82) is 0 Å². The van der Waals surface area contributed by atoms with Crippen LogP contribution in [0.1, 0.15) is 11.1 Å². The molecule has 0 spiro atoms. The van der Waals surface area contributed by atoms with Crippen LogP contribution in [0.2, 0.25) is 0 Å². The molecule has 1 unspecified atom stereocenters. The minimum absolute atomic E-state index is 0.0625. The maximum absolute atomic E-state index is 11.8. The predicted octanol–water partition coefficient (Wildman–Crippen LogP) is 1.18. The Morgan fingerprint density at radius 2 is 2.18 bits per heavy atom. The first-order valence-electron chi connectivity index (χ1n) is 6.44. The molecule has 3 aromatic rings. The Kier molecular flexibility index (Phi) is 3.53. The van der Waals surface area contributed by atoms with Gasteiger partial charge in [-0.3, -0.25) is 4.21 Å². The number of rotatable bonds is 3. The van der Waals surface area contributed by atoms with E-state index < -0.39 is 16.4 Å². The molecule has 2 aromatic heterocycles. The zero-order chi connectivity index (χ0) is 15.9. The summed E-state index contributed by atoms with van der Waals surface area (Å²) in [5, 5.41) is 18.3. The van der Waals surface area contributed by atoms with E-state index in [1.165, 1.54) is 18.6 Å². The van der Waals surface area contributed by atoms with Gasteiger partial charge in [-0.05, 0) is 24.6 Å². The van der Waals surface area contributed by atoms with Gasteiger partial charge in [-0.1, -0.05) is 0 Å². The summed E-state index contributed by atoms with van der Waals surface area (Å²) in [4.78, 5) is 11.8. The van der Waals surface area contributed by atoms with Crippen LogP contribution in [0, 0.1) is 6.92 Å². The van der Waals surface area contributed by atoms with Gasteiger partial charge in [-0.25, -0.2) is 4.79 Å². The zero-order valence-electron chi connectivity index (χ0n) is 11.9. The van der Waals surface area contributed by atoms with Gasteiger partial charge < -0.3 is 14.1 Å². The highest BCUT2D eigenvalue weighted by atomic mass is 32.2. The average Bonchev–Trinajstić information content (AvgIpc) is 2.91. The number of phenols is 1. The van der Waals surface area contributed by atoms with Crippen molar-refractivity contribution in [3.05, 3.63) is 46.1 Å². The molecule has 0 bridgehead atoms.